The van der Waals surface area contributed by atoms with Crippen molar-refractivity contribution in [2.24, 2.45) is 0 Å². The van der Waals surface area contributed by atoms with Crippen LogP contribution in [0.5, 0.6) is 11.5 Å². The van der Waals surface area contributed by atoms with Crippen LogP contribution in [0.15, 0.2) is 61.1 Å². The third kappa shape index (κ3) is 4.52. The predicted molar refractivity (Wildman–Crippen MR) is 102 cm³/mol. The molecule has 7 heteroatoms. The van der Waals surface area contributed by atoms with Crippen molar-refractivity contribution in [3.05, 3.63) is 72.2 Å². The monoisotopic (exact) mass is 364 g/mol. The number of carbonyl (C=O) groups excluding carboxylic acids is 1. The molecule has 0 fully saturated rings. The van der Waals surface area contributed by atoms with E-state index in [0.29, 0.717) is 23.9 Å². The van der Waals surface area contributed by atoms with Gasteiger partial charge in [0.2, 0.25) is 5.91 Å². The molecule has 2 heterocycles. The predicted octanol–water partition coefficient (Wildman–Crippen LogP) is 2.61. The summed E-state index contributed by atoms with van der Waals surface area (Å²) in [5.74, 6) is 1.73. The normalized spacial score (nSPS) is 10.7. The Morgan fingerprint density at radius 2 is 2.00 bits per heavy atom. The second-order valence-corrected chi connectivity index (χ2v) is 5.60. The van der Waals surface area contributed by atoms with E-state index in [1.165, 1.54) is 6.08 Å². The Bertz CT molecular complexity index is 936. The first-order valence-electron chi connectivity index (χ1n) is 8.33. The van der Waals surface area contributed by atoms with E-state index in [1.54, 1.807) is 49.5 Å². The lowest BCUT2D eigenvalue weighted by atomic mass is 10.2. The summed E-state index contributed by atoms with van der Waals surface area (Å²) >= 11 is 0. The zero-order valence-corrected chi connectivity index (χ0v) is 15.1. The van der Waals surface area contributed by atoms with Gasteiger partial charge in [0.05, 0.1) is 14.2 Å². The fourth-order valence-corrected chi connectivity index (χ4v) is 2.54. The maximum Gasteiger partial charge on any atom is 0.244 e. The Morgan fingerprint density at radius 3 is 2.74 bits per heavy atom. The molecule has 2 aromatic heterocycles. The van der Waals surface area contributed by atoms with Gasteiger partial charge in [0.15, 0.2) is 17.3 Å². The van der Waals surface area contributed by atoms with Crippen molar-refractivity contribution in [3.63, 3.8) is 0 Å². The van der Waals surface area contributed by atoms with Crippen LogP contribution in [0.3, 0.4) is 0 Å². The molecule has 1 N–H and O–H groups in total. The molecule has 1 aromatic carbocycles. The lowest BCUT2D eigenvalue weighted by Gasteiger charge is -2.09. The van der Waals surface area contributed by atoms with Crippen LogP contribution in [0.2, 0.25) is 0 Å². The van der Waals surface area contributed by atoms with Gasteiger partial charge in [0.25, 0.3) is 0 Å². The topological polar surface area (TPSA) is 78.3 Å². The maximum absolute atomic E-state index is 12.2. The standard InChI is InChI=1S/C20H20N4O3/c1-26-17-8-6-15(13-18(17)27-2)7-9-19(25)22-14-16-5-3-10-21-20(16)24-12-4-11-23-24/h3-13H,14H2,1-2H3,(H,22,25)/b9-7+. The minimum Gasteiger partial charge on any atom is -0.493 e. The molecule has 0 aliphatic heterocycles. The van der Waals surface area contributed by atoms with Crippen LogP contribution in [0.1, 0.15) is 11.1 Å². The van der Waals surface area contributed by atoms with Crippen LogP contribution in [-0.2, 0) is 11.3 Å². The minimum atomic E-state index is -0.208. The summed E-state index contributed by atoms with van der Waals surface area (Å²) in [4.78, 5) is 16.5. The third-order valence-electron chi connectivity index (χ3n) is 3.88. The Morgan fingerprint density at radius 1 is 1.15 bits per heavy atom. The number of carbonyl (C=O) groups is 1. The van der Waals surface area contributed by atoms with E-state index in [0.717, 1.165) is 11.1 Å². The van der Waals surface area contributed by atoms with E-state index < -0.39 is 0 Å². The number of rotatable bonds is 7. The second kappa shape index (κ2) is 8.66. The molecule has 0 unspecified atom stereocenters. The van der Waals surface area contributed by atoms with E-state index in [2.05, 4.69) is 15.4 Å². The molecule has 0 atom stereocenters. The van der Waals surface area contributed by atoms with Gasteiger partial charge in [-0.05, 0) is 35.9 Å². The highest BCUT2D eigenvalue weighted by Gasteiger charge is 2.07. The van der Waals surface area contributed by atoms with E-state index in [9.17, 15) is 4.79 Å². The molecule has 3 rings (SSSR count). The van der Waals surface area contributed by atoms with Gasteiger partial charge in [-0.15, -0.1) is 0 Å². The second-order valence-electron chi connectivity index (χ2n) is 5.60. The number of hydrogen-bond donors (Lipinski definition) is 1. The number of amides is 1. The molecular weight excluding hydrogens is 344 g/mol. The Balaban J connectivity index is 1.65. The fourth-order valence-electron chi connectivity index (χ4n) is 2.54. The average molecular weight is 364 g/mol. The molecule has 138 valence electrons. The van der Waals surface area contributed by atoms with Gasteiger partial charge in [0, 0.05) is 36.8 Å². The van der Waals surface area contributed by atoms with Gasteiger partial charge in [0.1, 0.15) is 0 Å². The van der Waals surface area contributed by atoms with Gasteiger partial charge < -0.3 is 14.8 Å². The first-order valence-corrected chi connectivity index (χ1v) is 8.33. The molecule has 27 heavy (non-hydrogen) atoms. The highest BCUT2D eigenvalue weighted by Crippen LogP contribution is 2.27. The fraction of sp³-hybridized carbons (Fsp3) is 0.150. The third-order valence-corrected chi connectivity index (χ3v) is 3.88. The summed E-state index contributed by atoms with van der Waals surface area (Å²) in [6, 6.07) is 11.0. The number of hydrogen-bond acceptors (Lipinski definition) is 5. The largest absolute Gasteiger partial charge is 0.493 e. The number of ether oxygens (including phenoxy) is 2. The van der Waals surface area contributed by atoms with Crippen molar-refractivity contribution < 1.29 is 14.3 Å². The Kier molecular flexibility index (Phi) is 5.84. The van der Waals surface area contributed by atoms with Crippen molar-refractivity contribution in [2.75, 3.05) is 14.2 Å². The molecule has 0 saturated carbocycles. The summed E-state index contributed by atoms with van der Waals surface area (Å²) in [5.41, 5.74) is 1.70. The number of methoxy groups -OCH3 is 2. The molecule has 0 radical (unpaired) electrons. The summed E-state index contributed by atoms with van der Waals surface area (Å²) < 4.78 is 12.1. The average Bonchev–Trinajstić information content (AvgIpc) is 3.25. The molecule has 0 bridgehead atoms. The Labute approximate surface area is 157 Å². The molecule has 0 spiro atoms. The molecule has 0 saturated heterocycles. The van der Waals surface area contributed by atoms with Gasteiger partial charge >= 0.3 is 0 Å². The van der Waals surface area contributed by atoms with Crippen molar-refractivity contribution in [2.45, 2.75) is 6.54 Å². The molecule has 0 aliphatic rings. The molecule has 0 aliphatic carbocycles. The van der Waals surface area contributed by atoms with Crippen LogP contribution in [-0.4, -0.2) is 34.9 Å². The molecule has 1 amide bonds. The SMILES string of the molecule is COc1ccc(/C=C/C(=O)NCc2cccnc2-n2cccn2)cc1OC. The van der Waals surface area contributed by atoms with Gasteiger partial charge in [-0.25, -0.2) is 9.67 Å². The first kappa shape index (κ1) is 18.2. The molecule has 3 aromatic rings. The van der Waals surface area contributed by atoms with E-state index >= 15 is 0 Å². The summed E-state index contributed by atoms with van der Waals surface area (Å²) in [7, 11) is 3.15. The summed E-state index contributed by atoms with van der Waals surface area (Å²) in [6.07, 6.45) is 8.38. The lowest BCUT2D eigenvalue weighted by Crippen LogP contribution is -2.21. The van der Waals surface area contributed by atoms with Crippen molar-refractivity contribution >= 4 is 12.0 Å². The van der Waals surface area contributed by atoms with Crippen LogP contribution in [0.25, 0.3) is 11.9 Å². The maximum atomic E-state index is 12.2. The van der Waals surface area contributed by atoms with E-state index in [4.69, 9.17) is 9.47 Å². The smallest absolute Gasteiger partial charge is 0.244 e. The number of nitrogens with zero attached hydrogens (tertiary/aromatic N) is 3. The zero-order chi connectivity index (χ0) is 19.1. The highest BCUT2D eigenvalue weighted by molar-refractivity contribution is 5.91. The number of aromatic nitrogens is 3. The van der Waals surface area contributed by atoms with E-state index in [-0.39, 0.29) is 5.91 Å². The Hall–Kier alpha value is -3.61. The van der Waals surface area contributed by atoms with Gasteiger partial charge in [-0.2, -0.15) is 5.10 Å². The van der Waals surface area contributed by atoms with Crippen LogP contribution in [0, 0.1) is 0 Å². The number of benzene rings is 1. The summed E-state index contributed by atoms with van der Waals surface area (Å²) in [6.45, 7) is 0.345. The van der Waals surface area contributed by atoms with Crippen molar-refractivity contribution in [3.8, 4) is 17.3 Å². The van der Waals surface area contributed by atoms with Crippen LogP contribution < -0.4 is 14.8 Å². The van der Waals surface area contributed by atoms with Gasteiger partial charge in [-0.3, -0.25) is 4.79 Å². The quantitative estimate of drug-likeness (QED) is 0.652. The first-order chi connectivity index (χ1) is 13.2. The zero-order valence-electron chi connectivity index (χ0n) is 15.1. The molecule has 7 nitrogen and oxygen atoms in total. The highest BCUT2D eigenvalue weighted by atomic mass is 16.5. The van der Waals surface area contributed by atoms with Crippen molar-refractivity contribution in [1.82, 2.24) is 20.1 Å². The van der Waals surface area contributed by atoms with Crippen LogP contribution >= 0.6 is 0 Å². The van der Waals surface area contributed by atoms with Gasteiger partial charge in [-0.1, -0.05) is 12.1 Å². The minimum absolute atomic E-state index is 0.208. The number of pyridine rings is 1. The van der Waals surface area contributed by atoms with E-state index in [1.807, 2.05) is 30.5 Å². The summed E-state index contributed by atoms with van der Waals surface area (Å²) in [5, 5.41) is 7.05. The number of nitrogens with one attached hydrogen (secondary N) is 1. The van der Waals surface area contributed by atoms with Crippen LogP contribution in [0.4, 0.5) is 0 Å². The lowest BCUT2D eigenvalue weighted by molar-refractivity contribution is -0.116. The van der Waals surface area contributed by atoms with Crippen molar-refractivity contribution in [1.29, 1.82) is 0 Å². The molecular formula is C20H20N4O3.